The molecule has 1 heterocycles. The molecule has 0 aromatic heterocycles. The Hall–Kier alpha value is -0.820. The van der Waals surface area contributed by atoms with Crippen LogP contribution in [0.4, 0.5) is 0 Å². The van der Waals surface area contributed by atoms with E-state index < -0.39 is 0 Å². The summed E-state index contributed by atoms with van der Waals surface area (Å²) < 4.78 is 4.94. The number of hydrogen-bond acceptors (Lipinski definition) is 1. The van der Waals surface area contributed by atoms with Crippen LogP contribution in [-0.4, -0.2) is 13.2 Å². The second-order valence-corrected chi connectivity index (χ2v) is 3.98. The van der Waals surface area contributed by atoms with Gasteiger partial charge in [-0.15, -0.1) is 0 Å². The number of benzene rings is 1. The zero-order chi connectivity index (χ0) is 10.4. The molecule has 1 aromatic carbocycles. The van der Waals surface area contributed by atoms with Crippen LogP contribution < -0.4 is 0 Å². The van der Waals surface area contributed by atoms with Crippen LogP contribution >= 0.6 is 0 Å². The van der Waals surface area contributed by atoms with Crippen LogP contribution in [0.3, 0.4) is 0 Å². The molecule has 0 bridgehead atoms. The third-order valence-electron chi connectivity index (χ3n) is 2.19. The van der Waals surface area contributed by atoms with Gasteiger partial charge in [-0.1, -0.05) is 34.9 Å². The maximum Gasteiger partial charge on any atom is 0.0466 e. The van der Waals surface area contributed by atoms with Gasteiger partial charge < -0.3 is 4.74 Å². The second kappa shape index (κ2) is 5.82. The molecule has 78 valence electrons. The van der Waals surface area contributed by atoms with Crippen LogP contribution in [0.1, 0.15) is 29.5 Å². The molecule has 1 fully saturated rings. The average Bonchev–Trinajstić information content (AvgIpc) is 2.56. The molecule has 0 N–H and O–H groups in total. The standard InChI is InChI=1S/C9H12.C4H8O/c1-7-4-8(2)6-9(3)5-7;1-2-4-5-3-1/h4-6H,1-3H3;1-4H2. The molecule has 1 aliphatic rings. The smallest absolute Gasteiger partial charge is 0.0466 e. The van der Waals surface area contributed by atoms with Gasteiger partial charge >= 0.3 is 0 Å². The summed E-state index contributed by atoms with van der Waals surface area (Å²) in [4.78, 5) is 0. The molecule has 1 aliphatic heterocycles. The molecule has 1 saturated heterocycles. The van der Waals surface area contributed by atoms with Crippen LogP contribution in [0.25, 0.3) is 0 Å². The Morgan fingerprint density at radius 2 is 1.14 bits per heavy atom. The first-order valence-electron chi connectivity index (χ1n) is 5.31. The van der Waals surface area contributed by atoms with E-state index in [-0.39, 0.29) is 0 Å². The van der Waals surface area contributed by atoms with Crippen molar-refractivity contribution in [3.63, 3.8) is 0 Å². The second-order valence-electron chi connectivity index (χ2n) is 3.98. The van der Waals surface area contributed by atoms with Crippen LogP contribution in [0, 0.1) is 20.8 Å². The van der Waals surface area contributed by atoms with Gasteiger partial charge in [-0.05, 0) is 33.6 Å². The maximum atomic E-state index is 4.94. The van der Waals surface area contributed by atoms with Crippen LogP contribution in [-0.2, 0) is 4.74 Å². The molecule has 1 heteroatoms. The Labute approximate surface area is 87.1 Å². The molecular formula is C13H20O. The number of hydrogen-bond donors (Lipinski definition) is 0. The first kappa shape index (κ1) is 11.3. The van der Waals surface area contributed by atoms with Gasteiger partial charge in [0.15, 0.2) is 0 Å². The fourth-order valence-corrected chi connectivity index (χ4v) is 1.71. The van der Waals surface area contributed by atoms with E-state index in [9.17, 15) is 0 Å². The van der Waals surface area contributed by atoms with E-state index >= 15 is 0 Å². The summed E-state index contributed by atoms with van der Waals surface area (Å²) in [5.74, 6) is 0. The fraction of sp³-hybridized carbons (Fsp3) is 0.538. The summed E-state index contributed by atoms with van der Waals surface area (Å²) in [5.41, 5.74) is 4.06. The summed E-state index contributed by atoms with van der Waals surface area (Å²) in [7, 11) is 0. The molecular weight excluding hydrogens is 172 g/mol. The fourth-order valence-electron chi connectivity index (χ4n) is 1.71. The van der Waals surface area contributed by atoms with E-state index in [1.54, 1.807) is 0 Å². The monoisotopic (exact) mass is 192 g/mol. The van der Waals surface area contributed by atoms with Crippen molar-refractivity contribution >= 4 is 0 Å². The van der Waals surface area contributed by atoms with Crippen molar-refractivity contribution in [2.24, 2.45) is 0 Å². The van der Waals surface area contributed by atoms with Gasteiger partial charge in [-0.25, -0.2) is 0 Å². The zero-order valence-electron chi connectivity index (χ0n) is 9.47. The van der Waals surface area contributed by atoms with Crippen molar-refractivity contribution in [2.75, 3.05) is 13.2 Å². The van der Waals surface area contributed by atoms with Gasteiger partial charge in [0.2, 0.25) is 0 Å². The Morgan fingerprint density at radius 1 is 0.786 bits per heavy atom. The first-order valence-corrected chi connectivity index (χ1v) is 5.31. The Balaban J connectivity index is 0.000000165. The molecule has 1 nitrogen and oxygen atoms in total. The predicted octanol–water partition coefficient (Wildman–Crippen LogP) is 3.41. The quantitative estimate of drug-likeness (QED) is 0.612. The van der Waals surface area contributed by atoms with E-state index in [0.29, 0.717) is 0 Å². The highest BCUT2D eigenvalue weighted by Crippen LogP contribution is 2.06. The Bertz CT molecular complexity index is 216. The van der Waals surface area contributed by atoms with E-state index in [4.69, 9.17) is 4.74 Å². The van der Waals surface area contributed by atoms with Gasteiger partial charge in [0.1, 0.15) is 0 Å². The minimum absolute atomic E-state index is 1.00. The van der Waals surface area contributed by atoms with Gasteiger partial charge in [-0.2, -0.15) is 0 Å². The van der Waals surface area contributed by atoms with Gasteiger partial charge in [-0.3, -0.25) is 0 Å². The first-order chi connectivity index (χ1) is 6.68. The molecule has 0 atom stereocenters. The van der Waals surface area contributed by atoms with Crippen molar-refractivity contribution < 1.29 is 4.74 Å². The Kier molecular flexibility index (Phi) is 4.68. The normalized spacial score (nSPS) is 14.8. The highest BCUT2D eigenvalue weighted by atomic mass is 16.5. The van der Waals surface area contributed by atoms with E-state index in [1.165, 1.54) is 29.5 Å². The van der Waals surface area contributed by atoms with Gasteiger partial charge in [0, 0.05) is 13.2 Å². The average molecular weight is 192 g/mol. The third-order valence-corrected chi connectivity index (χ3v) is 2.19. The molecule has 0 radical (unpaired) electrons. The number of ether oxygens (including phenoxy) is 1. The maximum absolute atomic E-state index is 4.94. The molecule has 0 saturated carbocycles. The summed E-state index contributed by atoms with van der Waals surface area (Å²) in [6, 6.07) is 6.56. The van der Waals surface area contributed by atoms with Crippen molar-refractivity contribution in [2.45, 2.75) is 33.6 Å². The molecule has 1 aromatic rings. The molecule has 0 unspecified atom stereocenters. The summed E-state index contributed by atoms with van der Waals surface area (Å²) in [6.45, 7) is 8.38. The van der Waals surface area contributed by atoms with Gasteiger partial charge in [0.05, 0.1) is 0 Å². The van der Waals surface area contributed by atoms with E-state index in [1.807, 2.05) is 0 Å². The minimum atomic E-state index is 1.00. The molecule has 14 heavy (non-hydrogen) atoms. The summed E-state index contributed by atoms with van der Waals surface area (Å²) in [5, 5.41) is 0. The molecule has 0 amide bonds. The lowest BCUT2D eigenvalue weighted by Crippen LogP contribution is -1.78. The summed E-state index contributed by atoms with van der Waals surface area (Å²) in [6.07, 6.45) is 2.56. The van der Waals surface area contributed by atoms with Crippen molar-refractivity contribution in [1.29, 1.82) is 0 Å². The van der Waals surface area contributed by atoms with E-state index in [2.05, 4.69) is 39.0 Å². The highest BCUT2D eigenvalue weighted by Gasteiger charge is 1.94. The van der Waals surface area contributed by atoms with Crippen LogP contribution in [0.15, 0.2) is 18.2 Å². The van der Waals surface area contributed by atoms with Crippen LogP contribution in [0.2, 0.25) is 0 Å². The van der Waals surface area contributed by atoms with Crippen molar-refractivity contribution in [1.82, 2.24) is 0 Å². The lowest BCUT2D eigenvalue weighted by atomic mass is 10.1. The molecule has 0 aliphatic carbocycles. The van der Waals surface area contributed by atoms with Crippen molar-refractivity contribution in [3.05, 3.63) is 34.9 Å². The lowest BCUT2D eigenvalue weighted by Gasteiger charge is -1.96. The largest absolute Gasteiger partial charge is 0.381 e. The SMILES string of the molecule is C1CCOC1.Cc1cc(C)cc(C)c1. The highest BCUT2D eigenvalue weighted by molar-refractivity contribution is 5.27. The number of aryl methyl sites for hydroxylation is 3. The zero-order valence-corrected chi connectivity index (χ0v) is 9.47. The summed E-state index contributed by atoms with van der Waals surface area (Å²) >= 11 is 0. The molecule has 2 rings (SSSR count). The predicted molar refractivity (Wildman–Crippen MR) is 60.7 cm³/mol. The number of rotatable bonds is 0. The topological polar surface area (TPSA) is 9.23 Å². The third kappa shape index (κ3) is 4.43. The van der Waals surface area contributed by atoms with Crippen molar-refractivity contribution in [3.8, 4) is 0 Å². The minimum Gasteiger partial charge on any atom is -0.381 e. The molecule has 0 spiro atoms. The Morgan fingerprint density at radius 3 is 1.36 bits per heavy atom. The van der Waals surface area contributed by atoms with Crippen LogP contribution in [0.5, 0.6) is 0 Å². The van der Waals surface area contributed by atoms with E-state index in [0.717, 1.165) is 13.2 Å². The van der Waals surface area contributed by atoms with Gasteiger partial charge in [0.25, 0.3) is 0 Å². The lowest BCUT2D eigenvalue weighted by molar-refractivity contribution is 0.198.